The predicted octanol–water partition coefficient (Wildman–Crippen LogP) is 5.29. The number of nitrogens with zero attached hydrogens (tertiary/aromatic N) is 1. The summed E-state index contributed by atoms with van der Waals surface area (Å²) in [5.74, 6) is 0.642. The molecule has 0 aliphatic heterocycles. The lowest BCUT2D eigenvalue weighted by Gasteiger charge is -2.11. The van der Waals surface area contributed by atoms with Crippen molar-refractivity contribution >= 4 is 0 Å². The zero-order chi connectivity index (χ0) is 14.1. The minimum absolute atomic E-state index is 0.642. The molecule has 0 bridgehead atoms. The van der Waals surface area contributed by atoms with Crippen LogP contribution in [0.3, 0.4) is 0 Å². The lowest BCUT2D eigenvalue weighted by atomic mass is 10.00. The molecule has 1 aliphatic carbocycles. The number of rotatable bonds is 3. The molecule has 2 aromatic carbocycles. The van der Waals surface area contributed by atoms with Crippen LogP contribution >= 0.6 is 0 Å². The van der Waals surface area contributed by atoms with E-state index in [2.05, 4.69) is 66.7 Å². The van der Waals surface area contributed by atoms with E-state index in [9.17, 15) is 0 Å². The van der Waals surface area contributed by atoms with Crippen molar-refractivity contribution in [3.63, 3.8) is 0 Å². The van der Waals surface area contributed by atoms with Gasteiger partial charge in [0.25, 0.3) is 0 Å². The van der Waals surface area contributed by atoms with E-state index in [1.165, 1.54) is 35.2 Å². The van der Waals surface area contributed by atoms with Crippen LogP contribution in [0.25, 0.3) is 22.4 Å². The van der Waals surface area contributed by atoms with Gasteiger partial charge in [0.15, 0.2) is 0 Å². The first-order chi connectivity index (χ1) is 10.4. The summed E-state index contributed by atoms with van der Waals surface area (Å²) in [4.78, 5) is 4.98. The third-order valence-corrected chi connectivity index (χ3v) is 4.04. The lowest BCUT2D eigenvalue weighted by Crippen LogP contribution is -1.94. The van der Waals surface area contributed by atoms with E-state index in [1.54, 1.807) is 0 Å². The van der Waals surface area contributed by atoms with Crippen molar-refractivity contribution in [3.8, 4) is 22.4 Å². The summed E-state index contributed by atoms with van der Waals surface area (Å²) in [6.45, 7) is 0. The van der Waals surface area contributed by atoms with Crippen molar-refractivity contribution in [1.82, 2.24) is 4.98 Å². The Morgan fingerprint density at radius 3 is 1.90 bits per heavy atom. The van der Waals surface area contributed by atoms with Crippen molar-refractivity contribution in [1.29, 1.82) is 0 Å². The molecule has 0 atom stereocenters. The molecule has 1 saturated carbocycles. The average molecular weight is 271 g/mol. The molecule has 4 rings (SSSR count). The Labute approximate surface area is 125 Å². The highest BCUT2D eigenvalue weighted by Gasteiger charge is 2.28. The van der Waals surface area contributed by atoms with Gasteiger partial charge in [0.05, 0.1) is 11.4 Å². The molecule has 1 aliphatic rings. The lowest BCUT2D eigenvalue weighted by molar-refractivity contribution is 1.03. The predicted molar refractivity (Wildman–Crippen MR) is 87.1 cm³/mol. The van der Waals surface area contributed by atoms with Gasteiger partial charge in [-0.3, -0.25) is 4.98 Å². The van der Waals surface area contributed by atoms with Gasteiger partial charge in [0.1, 0.15) is 0 Å². The van der Waals surface area contributed by atoms with E-state index in [0.29, 0.717) is 5.92 Å². The molecule has 0 N–H and O–H groups in total. The SMILES string of the molecule is c1ccc(-c2ccc(-c3ccccc3)c(C3CC3)n2)cc1. The fourth-order valence-electron chi connectivity index (χ4n) is 2.77. The van der Waals surface area contributed by atoms with Crippen LogP contribution in [0.5, 0.6) is 0 Å². The van der Waals surface area contributed by atoms with Gasteiger partial charge in [0, 0.05) is 17.0 Å². The van der Waals surface area contributed by atoms with Crippen molar-refractivity contribution in [2.24, 2.45) is 0 Å². The molecule has 1 fully saturated rings. The number of benzene rings is 2. The summed E-state index contributed by atoms with van der Waals surface area (Å²) in [6, 6.07) is 25.4. The maximum absolute atomic E-state index is 4.98. The smallest absolute Gasteiger partial charge is 0.0705 e. The summed E-state index contributed by atoms with van der Waals surface area (Å²) in [7, 11) is 0. The second-order valence-corrected chi connectivity index (χ2v) is 5.64. The number of aromatic nitrogens is 1. The summed E-state index contributed by atoms with van der Waals surface area (Å²) < 4.78 is 0. The first kappa shape index (κ1) is 12.3. The van der Waals surface area contributed by atoms with Gasteiger partial charge in [-0.2, -0.15) is 0 Å². The average Bonchev–Trinajstić information content (AvgIpc) is 3.41. The highest BCUT2D eigenvalue weighted by atomic mass is 14.7. The van der Waals surface area contributed by atoms with Crippen LogP contribution in [-0.2, 0) is 0 Å². The van der Waals surface area contributed by atoms with E-state index in [-0.39, 0.29) is 0 Å². The van der Waals surface area contributed by atoms with Crippen LogP contribution in [0.4, 0.5) is 0 Å². The molecule has 1 aromatic heterocycles. The molecule has 0 radical (unpaired) electrons. The van der Waals surface area contributed by atoms with Gasteiger partial charge in [-0.25, -0.2) is 0 Å². The highest BCUT2D eigenvalue weighted by molar-refractivity contribution is 5.70. The van der Waals surface area contributed by atoms with Crippen LogP contribution in [0, 0.1) is 0 Å². The maximum atomic E-state index is 4.98. The molecular weight excluding hydrogens is 254 g/mol. The Kier molecular flexibility index (Phi) is 3.04. The number of hydrogen-bond donors (Lipinski definition) is 0. The topological polar surface area (TPSA) is 12.9 Å². The van der Waals surface area contributed by atoms with Crippen molar-refractivity contribution < 1.29 is 0 Å². The number of hydrogen-bond acceptors (Lipinski definition) is 1. The van der Waals surface area contributed by atoms with Gasteiger partial charge in [-0.15, -0.1) is 0 Å². The van der Waals surface area contributed by atoms with E-state index in [0.717, 1.165) is 5.69 Å². The monoisotopic (exact) mass is 271 g/mol. The van der Waals surface area contributed by atoms with Gasteiger partial charge in [-0.1, -0.05) is 66.7 Å². The zero-order valence-electron chi connectivity index (χ0n) is 11.9. The minimum Gasteiger partial charge on any atom is -0.252 e. The molecule has 0 amide bonds. The molecule has 3 aromatic rings. The van der Waals surface area contributed by atoms with Gasteiger partial charge >= 0.3 is 0 Å². The molecule has 0 unspecified atom stereocenters. The van der Waals surface area contributed by atoms with Gasteiger partial charge in [-0.05, 0) is 24.5 Å². The van der Waals surface area contributed by atoms with Crippen molar-refractivity contribution in [2.75, 3.05) is 0 Å². The first-order valence-corrected chi connectivity index (χ1v) is 7.53. The Hall–Kier alpha value is -2.41. The third kappa shape index (κ3) is 2.47. The molecule has 0 saturated heterocycles. The zero-order valence-corrected chi connectivity index (χ0v) is 11.9. The Bertz CT molecular complexity index is 743. The van der Waals surface area contributed by atoms with E-state index in [4.69, 9.17) is 4.98 Å². The number of pyridine rings is 1. The standard InChI is InChI=1S/C20H17N/c1-3-7-15(8-4-1)18-13-14-19(16-9-5-2-6-10-16)21-20(18)17-11-12-17/h1-10,13-14,17H,11-12H2. The Morgan fingerprint density at radius 2 is 1.29 bits per heavy atom. The summed E-state index contributed by atoms with van der Waals surface area (Å²) in [6.07, 6.45) is 2.54. The normalized spacial score (nSPS) is 14.1. The van der Waals surface area contributed by atoms with Crippen LogP contribution < -0.4 is 0 Å². The molecule has 1 heterocycles. The van der Waals surface area contributed by atoms with Gasteiger partial charge < -0.3 is 0 Å². The molecule has 102 valence electrons. The molecule has 1 nitrogen and oxygen atoms in total. The quantitative estimate of drug-likeness (QED) is 0.630. The third-order valence-electron chi connectivity index (χ3n) is 4.04. The second-order valence-electron chi connectivity index (χ2n) is 5.64. The molecule has 21 heavy (non-hydrogen) atoms. The van der Waals surface area contributed by atoms with Crippen molar-refractivity contribution in [3.05, 3.63) is 78.5 Å². The summed E-state index contributed by atoms with van der Waals surface area (Å²) in [5, 5.41) is 0. The minimum atomic E-state index is 0.642. The van der Waals surface area contributed by atoms with E-state index in [1.807, 2.05) is 6.07 Å². The first-order valence-electron chi connectivity index (χ1n) is 7.53. The van der Waals surface area contributed by atoms with Crippen LogP contribution in [0.2, 0.25) is 0 Å². The second kappa shape index (κ2) is 5.17. The van der Waals surface area contributed by atoms with Crippen molar-refractivity contribution in [2.45, 2.75) is 18.8 Å². The molecule has 0 spiro atoms. The van der Waals surface area contributed by atoms with E-state index < -0.39 is 0 Å². The summed E-state index contributed by atoms with van der Waals surface area (Å²) >= 11 is 0. The fourth-order valence-corrected chi connectivity index (χ4v) is 2.77. The van der Waals surface area contributed by atoms with Crippen LogP contribution in [0.1, 0.15) is 24.5 Å². The summed E-state index contributed by atoms with van der Waals surface area (Å²) in [5.41, 5.74) is 6.10. The fraction of sp³-hybridized carbons (Fsp3) is 0.150. The van der Waals surface area contributed by atoms with E-state index >= 15 is 0 Å². The maximum Gasteiger partial charge on any atom is 0.0705 e. The van der Waals surface area contributed by atoms with Crippen LogP contribution in [-0.4, -0.2) is 4.98 Å². The van der Waals surface area contributed by atoms with Gasteiger partial charge in [0.2, 0.25) is 0 Å². The molecular formula is C20H17N. The van der Waals surface area contributed by atoms with Crippen LogP contribution in [0.15, 0.2) is 72.8 Å². The Morgan fingerprint density at radius 1 is 0.667 bits per heavy atom. The Balaban J connectivity index is 1.83. The highest BCUT2D eigenvalue weighted by Crippen LogP contribution is 2.44. The molecule has 1 heteroatoms. The largest absolute Gasteiger partial charge is 0.252 e.